The number of carbonyl (C=O) groups excluding carboxylic acids is 1. The number of benzene rings is 2. The number of pyridine rings is 1. The Bertz CT molecular complexity index is 978. The van der Waals surface area contributed by atoms with Crippen molar-refractivity contribution in [3.63, 3.8) is 0 Å². The van der Waals surface area contributed by atoms with Crippen LogP contribution in [0.4, 0.5) is 15.8 Å². The van der Waals surface area contributed by atoms with E-state index in [0.717, 1.165) is 0 Å². The molecule has 0 aliphatic heterocycles. The molecule has 0 bridgehead atoms. The molecule has 6 heteroatoms. The van der Waals surface area contributed by atoms with Gasteiger partial charge >= 0.3 is 0 Å². The molecule has 3 aromatic rings. The zero-order valence-corrected chi connectivity index (χ0v) is 13.0. The lowest BCUT2D eigenvalue weighted by atomic mass is 10.1. The first-order valence-corrected chi connectivity index (χ1v) is 7.50. The Balaban J connectivity index is 2.10. The van der Waals surface area contributed by atoms with Gasteiger partial charge in [-0.05, 0) is 43.3 Å². The molecule has 0 atom stereocenters. The summed E-state index contributed by atoms with van der Waals surface area (Å²) in [6.45, 7) is 2.49. The molecule has 0 fully saturated rings. The van der Waals surface area contributed by atoms with Crippen LogP contribution < -0.4 is 16.5 Å². The predicted molar refractivity (Wildman–Crippen MR) is 92.6 cm³/mol. The minimum atomic E-state index is -0.557. The van der Waals surface area contributed by atoms with E-state index in [2.05, 4.69) is 5.32 Å². The van der Waals surface area contributed by atoms with Crippen molar-refractivity contribution in [1.82, 2.24) is 4.57 Å². The second-order valence-corrected chi connectivity index (χ2v) is 5.36. The van der Waals surface area contributed by atoms with Crippen molar-refractivity contribution in [2.45, 2.75) is 13.5 Å². The summed E-state index contributed by atoms with van der Waals surface area (Å²) in [5.41, 5.74) is 6.92. The molecule has 5 nitrogen and oxygen atoms in total. The smallest absolute Gasteiger partial charge is 0.261 e. The van der Waals surface area contributed by atoms with E-state index in [4.69, 9.17) is 5.73 Å². The van der Waals surface area contributed by atoms with E-state index in [0.29, 0.717) is 28.8 Å². The maximum absolute atomic E-state index is 12.9. The number of halogens is 1. The molecule has 3 rings (SSSR count). The summed E-state index contributed by atoms with van der Waals surface area (Å²) in [6.07, 6.45) is 1.52. The van der Waals surface area contributed by atoms with Gasteiger partial charge in [-0.15, -0.1) is 0 Å². The van der Waals surface area contributed by atoms with Crippen LogP contribution in [0, 0.1) is 5.82 Å². The van der Waals surface area contributed by atoms with Crippen LogP contribution in [-0.4, -0.2) is 10.5 Å². The molecule has 0 saturated heterocycles. The highest BCUT2D eigenvalue weighted by Gasteiger charge is 2.16. The zero-order chi connectivity index (χ0) is 17.3. The summed E-state index contributed by atoms with van der Waals surface area (Å²) in [5, 5.41) is 2.93. The van der Waals surface area contributed by atoms with Crippen LogP contribution in [0.1, 0.15) is 17.3 Å². The molecule has 0 radical (unpaired) electrons. The Kier molecular flexibility index (Phi) is 4.04. The monoisotopic (exact) mass is 325 g/mol. The molecule has 2 aromatic carbocycles. The number of nitrogens with two attached hydrogens (primary N) is 1. The topological polar surface area (TPSA) is 77.1 Å². The second kappa shape index (κ2) is 6.16. The Morgan fingerprint density at radius 3 is 2.58 bits per heavy atom. The van der Waals surface area contributed by atoms with Gasteiger partial charge in [0.05, 0.1) is 10.9 Å². The van der Waals surface area contributed by atoms with Crippen LogP contribution in [-0.2, 0) is 6.54 Å². The van der Waals surface area contributed by atoms with Crippen molar-refractivity contribution >= 4 is 28.2 Å². The summed E-state index contributed by atoms with van der Waals surface area (Å²) >= 11 is 0. The average molecular weight is 325 g/mol. The van der Waals surface area contributed by atoms with Crippen LogP contribution in [0.25, 0.3) is 10.9 Å². The number of hydrogen-bond donors (Lipinski definition) is 2. The lowest BCUT2D eigenvalue weighted by Gasteiger charge is -2.13. The molecular weight excluding hydrogens is 309 g/mol. The highest BCUT2D eigenvalue weighted by Crippen LogP contribution is 2.19. The van der Waals surface area contributed by atoms with Crippen molar-refractivity contribution in [2.24, 2.45) is 0 Å². The molecule has 0 aliphatic rings. The molecule has 1 amide bonds. The molecular formula is C18H16FN3O2. The Labute approximate surface area is 137 Å². The fourth-order valence-electron chi connectivity index (χ4n) is 2.62. The molecule has 0 saturated carbocycles. The van der Waals surface area contributed by atoms with Gasteiger partial charge in [-0.25, -0.2) is 4.39 Å². The van der Waals surface area contributed by atoms with Gasteiger partial charge in [-0.2, -0.15) is 0 Å². The van der Waals surface area contributed by atoms with Crippen molar-refractivity contribution in [1.29, 1.82) is 0 Å². The van der Waals surface area contributed by atoms with E-state index in [1.165, 1.54) is 30.5 Å². The van der Waals surface area contributed by atoms with Crippen LogP contribution in [0.2, 0.25) is 0 Å². The van der Waals surface area contributed by atoms with Gasteiger partial charge in [-0.1, -0.05) is 6.07 Å². The fourth-order valence-corrected chi connectivity index (χ4v) is 2.62. The third kappa shape index (κ3) is 2.74. The van der Waals surface area contributed by atoms with Crippen LogP contribution >= 0.6 is 0 Å². The number of aromatic nitrogens is 1. The number of fused-ring (bicyclic) bond motifs is 1. The largest absolute Gasteiger partial charge is 0.398 e. The quantitative estimate of drug-likeness (QED) is 0.727. The molecule has 0 unspecified atom stereocenters. The first kappa shape index (κ1) is 15.7. The van der Waals surface area contributed by atoms with Crippen LogP contribution in [0.5, 0.6) is 0 Å². The van der Waals surface area contributed by atoms with E-state index in [1.54, 1.807) is 22.8 Å². The van der Waals surface area contributed by atoms with Gasteiger partial charge in [0.1, 0.15) is 11.4 Å². The highest BCUT2D eigenvalue weighted by molar-refractivity contribution is 6.06. The van der Waals surface area contributed by atoms with E-state index >= 15 is 0 Å². The number of carbonyl (C=O) groups is 1. The van der Waals surface area contributed by atoms with Crippen molar-refractivity contribution in [3.05, 3.63) is 70.3 Å². The first-order valence-electron chi connectivity index (χ1n) is 7.50. The lowest BCUT2D eigenvalue weighted by Crippen LogP contribution is -2.24. The minimum Gasteiger partial charge on any atom is -0.398 e. The van der Waals surface area contributed by atoms with E-state index < -0.39 is 17.2 Å². The third-order valence-corrected chi connectivity index (χ3v) is 3.83. The predicted octanol–water partition coefficient (Wildman–Crippen LogP) is 3.00. The molecule has 24 heavy (non-hydrogen) atoms. The van der Waals surface area contributed by atoms with Crippen molar-refractivity contribution in [3.8, 4) is 0 Å². The van der Waals surface area contributed by atoms with E-state index in [1.807, 2.05) is 6.92 Å². The molecule has 0 aliphatic carbocycles. The molecule has 3 N–H and O–H groups in total. The number of aryl methyl sites for hydroxylation is 1. The fraction of sp³-hybridized carbons (Fsp3) is 0.111. The normalized spacial score (nSPS) is 10.8. The average Bonchev–Trinajstić information content (AvgIpc) is 2.57. The minimum absolute atomic E-state index is 0.00780. The van der Waals surface area contributed by atoms with Gasteiger partial charge in [0.25, 0.3) is 5.91 Å². The van der Waals surface area contributed by atoms with E-state index in [9.17, 15) is 14.0 Å². The number of rotatable bonds is 3. The molecule has 122 valence electrons. The molecule has 0 spiro atoms. The summed E-state index contributed by atoms with van der Waals surface area (Å²) in [5.74, 6) is -0.959. The van der Waals surface area contributed by atoms with Crippen molar-refractivity contribution < 1.29 is 9.18 Å². The van der Waals surface area contributed by atoms with Gasteiger partial charge in [0.2, 0.25) is 5.43 Å². The highest BCUT2D eigenvalue weighted by atomic mass is 19.1. The Hall–Kier alpha value is -3.15. The zero-order valence-electron chi connectivity index (χ0n) is 13.0. The van der Waals surface area contributed by atoms with Gasteiger partial charge in [-0.3, -0.25) is 9.59 Å². The Morgan fingerprint density at radius 1 is 1.21 bits per heavy atom. The van der Waals surface area contributed by atoms with Gasteiger partial charge < -0.3 is 15.6 Å². The lowest BCUT2D eigenvalue weighted by molar-refractivity contribution is 0.102. The number of nitrogen functional groups attached to an aromatic ring is 1. The summed E-state index contributed by atoms with van der Waals surface area (Å²) in [4.78, 5) is 25.2. The van der Waals surface area contributed by atoms with Crippen LogP contribution in [0.15, 0.2) is 53.5 Å². The summed E-state index contributed by atoms with van der Waals surface area (Å²) in [6, 6.07) is 10.5. The molecule has 1 heterocycles. The maximum atomic E-state index is 12.9. The standard InChI is InChI=1S/C18H16FN3O2/c1-2-22-10-13(17(23)16-14(20)4-3-5-15(16)22)18(24)21-12-8-6-11(19)7-9-12/h3-10H,2,20H2,1H3,(H,21,24). The van der Waals surface area contributed by atoms with Crippen molar-refractivity contribution in [2.75, 3.05) is 11.1 Å². The number of nitrogens with one attached hydrogen (secondary N) is 1. The maximum Gasteiger partial charge on any atom is 0.261 e. The van der Waals surface area contributed by atoms with Crippen LogP contribution in [0.3, 0.4) is 0 Å². The Morgan fingerprint density at radius 2 is 1.92 bits per heavy atom. The third-order valence-electron chi connectivity index (χ3n) is 3.83. The summed E-state index contributed by atoms with van der Waals surface area (Å²) in [7, 11) is 0. The van der Waals surface area contributed by atoms with E-state index in [-0.39, 0.29) is 5.56 Å². The molecule has 1 aromatic heterocycles. The SMILES string of the molecule is CCn1cc(C(=O)Nc2ccc(F)cc2)c(=O)c2c(N)cccc21. The number of nitrogens with zero attached hydrogens (tertiary/aromatic N) is 1. The second-order valence-electron chi connectivity index (χ2n) is 5.36. The first-order chi connectivity index (χ1) is 11.5. The number of hydrogen-bond acceptors (Lipinski definition) is 3. The number of amides is 1. The number of anilines is 2. The summed E-state index contributed by atoms with van der Waals surface area (Å²) < 4.78 is 14.7. The van der Waals surface area contributed by atoms with Gasteiger partial charge in [0.15, 0.2) is 0 Å². The van der Waals surface area contributed by atoms with Gasteiger partial charge in [0, 0.05) is 24.1 Å².